The second-order valence-electron chi connectivity index (χ2n) is 5.70. The molecule has 0 atom stereocenters. The van der Waals surface area contributed by atoms with Crippen molar-refractivity contribution in [1.82, 2.24) is 4.90 Å². The van der Waals surface area contributed by atoms with Gasteiger partial charge in [0.2, 0.25) is 0 Å². The van der Waals surface area contributed by atoms with Gasteiger partial charge in [-0.1, -0.05) is 0 Å². The number of ether oxygens (including phenoxy) is 2. The molecule has 2 rings (SSSR count). The van der Waals surface area contributed by atoms with E-state index in [2.05, 4.69) is 0 Å². The van der Waals surface area contributed by atoms with Gasteiger partial charge in [0.1, 0.15) is 17.1 Å². The van der Waals surface area contributed by atoms with Crippen molar-refractivity contribution in [2.24, 2.45) is 0 Å². The molecule has 1 aliphatic heterocycles. The average Bonchev–Trinajstić information content (AvgIpc) is 2.38. The highest BCUT2D eigenvalue weighted by molar-refractivity contribution is 6.00. The number of nitrogens with zero attached hydrogens (tertiary/aromatic N) is 1. The van der Waals surface area contributed by atoms with Crippen LogP contribution in [0, 0.1) is 5.41 Å². The summed E-state index contributed by atoms with van der Waals surface area (Å²) in [5.74, 6) is 1.11. The van der Waals surface area contributed by atoms with Gasteiger partial charge < -0.3 is 14.4 Å². The fourth-order valence-corrected chi connectivity index (χ4v) is 2.38. The van der Waals surface area contributed by atoms with E-state index >= 15 is 0 Å². The molecule has 0 radical (unpaired) electrons. The van der Waals surface area contributed by atoms with Crippen LogP contribution in [0.25, 0.3) is 0 Å². The maximum Gasteiger partial charge on any atom is 0.289 e. The van der Waals surface area contributed by atoms with E-state index in [9.17, 15) is 4.79 Å². The largest absolute Gasteiger partial charge is 0.486 e. The minimum Gasteiger partial charge on any atom is -0.486 e. The standard InChI is InChI=1S/C16H22N2O3/c1-5-18(6-2)15(17)20-11-7-8-12-13(19)10-16(3,4)21-14(12)9-11/h7-9,17H,5-6,10H2,1-4H3. The summed E-state index contributed by atoms with van der Waals surface area (Å²) in [6, 6.07) is 5.20. The summed E-state index contributed by atoms with van der Waals surface area (Å²) in [5, 5.41) is 7.94. The van der Waals surface area contributed by atoms with Gasteiger partial charge in [0, 0.05) is 19.2 Å². The van der Waals surface area contributed by atoms with Crippen molar-refractivity contribution in [3.8, 4) is 11.5 Å². The number of fused-ring (bicyclic) bond motifs is 1. The first-order valence-corrected chi connectivity index (χ1v) is 7.24. The van der Waals surface area contributed by atoms with E-state index in [0.29, 0.717) is 36.6 Å². The average molecular weight is 290 g/mol. The highest BCUT2D eigenvalue weighted by Gasteiger charge is 2.32. The Labute approximate surface area is 125 Å². The Morgan fingerprint density at radius 3 is 2.67 bits per heavy atom. The van der Waals surface area contributed by atoms with Gasteiger partial charge >= 0.3 is 0 Å². The smallest absolute Gasteiger partial charge is 0.289 e. The molecule has 0 unspecified atom stereocenters. The number of hydrogen-bond donors (Lipinski definition) is 1. The summed E-state index contributed by atoms with van der Waals surface area (Å²) in [4.78, 5) is 13.9. The van der Waals surface area contributed by atoms with Crippen LogP contribution in [0.15, 0.2) is 18.2 Å². The molecule has 0 saturated heterocycles. The zero-order valence-corrected chi connectivity index (χ0v) is 13.0. The van der Waals surface area contributed by atoms with Crippen LogP contribution in [-0.4, -0.2) is 35.4 Å². The number of carbonyl (C=O) groups is 1. The molecule has 0 fully saturated rings. The molecule has 1 aromatic carbocycles. The summed E-state index contributed by atoms with van der Waals surface area (Å²) in [6.45, 7) is 9.14. The molecule has 0 aliphatic carbocycles. The lowest BCUT2D eigenvalue weighted by molar-refractivity contribution is 0.0619. The molecule has 1 heterocycles. The summed E-state index contributed by atoms with van der Waals surface area (Å²) in [7, 11) is 0. The van der Waals surface area contributed by atoms with E-state index in [1.165, 1.54) is 0 Å². The Kier molecular flexibility index (Phi) is 4.21. The van der Waals surface area contributed by atoms with Gasteiger partial charge in [-0.3, -0.25) is 10.2 Å². The maximum absolute atomic E-state index is 12.1. The summed E-state index contributed by atoms with van der Waals surface area (Å²) in [5.41, 5.74) is 0.0748. The van der Waals surface area contributed by atoms with E-state index < -0.39 is 5.60 Å². The van der Waals surface area contributed by atoms with E-state index in [0.717, 1.165) is 0 Å². The van der Waals surface area contributed by atoms with E-state index in [4.69, 9.17) is 14.9 Å². The van der Waals surface area contributed by atoms with Crippen molar-refractivity contribution >= 4 is 11.8 Å². The Morgan fingerprint density at radius 1 is 1.38 bits per heavy atom. The molecule has 1 N–H and O–H groups in total. The van der Waals surface area contributed by atoms with Gasteiger partial charge in [-0.25, -0.2) is 0 Å². The number of hydrogen-bond acceptors (Lipinski definition) is 4. The van der Waals surface area contributed by atoms with Crippen LogP contribution < -0.4 is 9.47 Å². The van der Waals surface area contributed by atoms with Crippen molar-refractivity contribution in [3.63, 3.8) is 0 Å². The van der Waals surface area contributed by atoms with Crippen LogP contribution in [0.5, 0.6) is 11.5 Å². The summed E-state index contributed by atoms with van der Waals surface area (Å²) in [6.07, 6.45) is 0.371. The number of rotatable bonds is 3. The minimum absolute atomic E-state index is 0.0756. The predicted octanol–water partition coefficient (Wildman–Crippen LogP) is 3.09. The normalized spacial score (nSPS) is 15.9. The van der Waals surface area contributed by atoms with Gasteiger partial charge in [0.05, 0.1) is 12.0 Å². The molecule has 1 aromatic rings. The summed E-state index contributed by atoms with van der Waals surface area (Å²) < 4.78 is 11.4. The number of amidine groups is 1. The Hall–Kier alpha value is -2.04. The van der Waals surface area contributed by atoms with Crippen LogP contribution in [-0.2, 0) is 0 Å². The van der Waals surface area contributed by atoms with Gasteiger partial charge in [-0.2, -0.15) is 0 Å². The highest BCUT2D eigenvalue weighted by Crippen LogP contribution is 2.35. The zero-order chi connectivity index (χ0) is 15.6. The zero-order valence-electron chi connectivity index (χ0n) is 13.0. The number of nitrogens with one attached hydrogen (secondary N) is 1. The fourth-order valence-electron chi connectivity index (χ4n) is 2.38. The van der Waals surface area contributed by atoms with E-state index in [-0.39, 0.29) is 11.8 Å². The number of benzene rings is 1. The molecule has 0 amide bonds. The number of carbonyl (C=O) groups excluding carboxylic acids is 1. The third-order valence-corrected chi connectivity index (χ3v) is 3.49. The Balaban J connectivity index is 2.21. The second kappa shape index (κ2) is 5.76. The summed E-state index contributed by atoms with van der Waals surface area (Å²) >= 11 is 0. The van der Waals surface area contributed by atoms with Crippen LogP contribution in [0.4, 0.5) is 0 Å². The number of ketones is 1. The van der Waals surface area contributed by atoms with Crippen LogP contribution in [0.1, 0.15) is 44.5 Å². The molecular weight excluding hydrogens is 268 g/mol. The molecule has 5 nitrogen and oxygen atoms in total. The second-order valence-corrected chi connectivity index (χ2v) is 5.70. The van der Waals surface area contributed by atoms with Crippen LogP contribution in [0.3, 0.4) is 0 Å². The maximum atomic E-state index is 12.1. The minimum atomic E-state index is -0.505. The van der Waals surface area contributed by atoms with Crippen LogP contribution >= 0.6 is 0 Å². The Morgan fingerprint density at radius 2 is 2.05 bits per heavy atom. The molecular formula is C16H22N2O3. The molecule has 0 spiro atoms. The lowest BCUT2D eigenvalue weighted by atomic mass is 9.93. The van der Waals surface area contributed by atoms with E-state index in [1.807, 2.05) is 27.7 Å². The lowest BCUT2D eigenvalue weighted by Crippen LogP contribution is -2.36. The quantitative estimate of drug-likeness (QED) is 0.686. The SMILES string of the molecule is CCN(CC)C(=N)Oc1ccc2c(c1)OC(C)(C)CC2=O. The van der Waals surface area contributed by atoms with Crippen molar-refractivity contribution in [3.05, 3.63) is 23.8 Å². The fraction of sp³-hybridized carbons (Fsp3) is 0.500. The van der Waals surface area contributed by atoms with Gasteiger partial charge in [-0.15, -0.1) is 0 Å². The lowest BCUT2D eigenvalue weighted by Gasteiger charge is -2.31. The van der Waals surface area contributed by atoms with Crippen molar-refractivity contribution in [2.75, 3.05) is 13.1 Å². The molecule has 0 bridgehead atoms. The van der Waals surface area contributed by atoms with Crippen molar-refractivity contribution in [1.29, 1.82) is 5.41 Å². The predicted molar refractivity (Wildman–Crippen MR) is 81.4 cm³/mol. The molecule has 0 aromatic heterocycles. The van der Waals surface area contributed by atoms with Gasteiger partial charge in [0.15, 0.2) is 5.78 Å². The third kappa shape index (κ3) is 3.35. The van der Waals surface area contributed by atoms with Gasteiger partial charge in [-0.05, 0) is 39.8 Å². The third-order valence-electron chi connectivity index (χ3n) is 3.49. The Bertz CT molecular complexity index is 563. The number of Topliss-reactive ketones (excluding diaryl/α,β-unsaturated/α-hetero) is 1. The molecule has 1 aliphatic rings. The van der Waals surface area contributed by atoms with E-state index in [1.54, 1.807) is 23.1 Å². The molecule has 114 valence electrons. The molecule has 21 heavy (non-hydrogen) atoms. The first-order chi connectivity index (χ1) is 9.86. The first kappa shape index (κ1) is 15.4. The van der Waals surface area contributed by atoms with Crippen molar-refractivity contribution < 1.29 is 14.3 Å². The topological polar surface area (TPSA) is 62.6 Å². The molecule has 5 heteroatoms. The van der Waals surface area contributed by atoms with Crippen molar-refractivity contribution in [2.45, 2.75) is 39.7 Å². The van der Waals surface area contributed by atoms with Crippen LogP contribution in [0.2, 0.25) is 0 Å². The monoisotopic (exact) mass is 290 g/mol. The molecule has 0 saturated carbocycles. The van der Waals surface area contributed by atoms with Gasteiger partial charge in [0.25, 0.3) is 6.02 Å². The highest BCUT2D eigenvalue weighted by atomic mass is 16.5. The first-order valence-electron chi connectivity index (χ1n) is 7.24.